The molecule has 1 heterocycles. The molecule has 10 heteroatoms. The molecule has 0 unspecified atom stereocenters. The second-order valence-corrected chi connectivity index (χ2v) is 7.56. The highest BCUT2D eigenvalue weighted by molar-refractivity contribution is 5.93. The maximum Gasteiger partial charge on any atom is 0.416 e. The number of nitrogens with zero attached hydrogens (tertiary/aromatic N) is 1. The van der Waals surface area contributed by atoms with Crippen LogP contribution in [0, 0.1) is 0 Å². The van der Waals surface area contributed by atoms with E-state index in [1.54, 1.807) is 20.8 Å². The molecule has 1 saturated heterocycles. The van der Waals surface area contributed by atoms with Gasteiger partial charge in [0.05, 0.1) is 5.56 Å². The van der Waals surface area contributed by atoms with Gasteiger partial charge in [-0.05, 0) is 57.9 Å². The minimum absolute atomic E-state index is 0.135. The molecule has 2 amide bonds. The molecule has 0 spiro atoms. The Bertz CT molecular complexity index is 757. The molecular weight excluding hydrogens is 393 g/mol. The molecule has 0 bridgehead atoms. The van der Waals surface area contributed by atoms with E-state index in [0.717, 1.165) is 24.3 Å². The van der Waals surface area contributed by atoms with E-state index < -0.39 is 48.0 Å². The highest BCUT2D eigenvalue weighted by Gasteiger charge is 2.37. The van der Waals surface area contributed by atoms with Crippen molar-refractivity contribution in [3.63, 3.8) is 0 Å². The molecule has 0 aromatic heterocycles. The zero-order valence-electron chi connectivity index (χ0n) is 16.3. The van der Waals surface area contributed by atoms with Crippen LogP contribution in [0.1, 0.15) is 39.2 Å². The van der Waals surface area contributed by atoms with E-state index >= 15 is 0 Å². The molecule has 2 rings (SSSR count). The maximum absolute atomic E-state index is 12.5. The first-order chi connectivity index (χ1) is 13.4. The third-order valence-corrected chi connectivity index (χ3v) is 3.99. The lowest BCUT2D eigenvalue weighted by Gasteiger charge is -2.27. The maximum atomic E-state index is 12.5. The summed E-state index contributed by atoms with van der Waals surface area (Å²) in [5, 5.41) is 2.34. The van der Waals surface area contributed by atoms with Crippen molar-refractivity contribution in [2.24, 2.45) is 0 Å². The summed E-state index contributed by atoms with van der Waals surface area (Å²) in [7, 11) is 0. The number of benzene rings is 1. The highest BCUT2D eigenvalue weighted by atomic mass is 19.4. The molecule has 1 N–H and O–H groups in total. The molecule has 29 heavy (non-hydrogen) atoms. The Hall–Kier alpha value is -2.78. The molecule has 7 nitrogen and oxygen atoms in total. The number of alkyl halides is 3. The molecule has 160 valence electrons. The first-order valence-corrected chi connectivity index (χ1v) is 9.00. The van der Waals surface area contributed by atoms with Crippen LogP contribution in [0.25, 0.3) is 0 Å². The van der Waals surface area contributed by atoms with Gasteiger partial charge in [-0.25, -0.2) is 9.59 Å². The fraction of sp³-hybridized carbons (Fsp3) is 0.526. The number of likely N-dealkylation sites (tertiary alicyclic amines) is 1. The molecular formula is C19H23F3N2O5. The highest BCUT2D eigenvalue weighted by Crippen LogP contribution is 2.29. The van der Waals surface area contributed by atoms with Gasteiger partial charge in [0.25, 0.3) is 5.91 Å². The standard InChI is InChI=1S/C19H23F3N2O5/c1-18(2,3)29-17(27)24-10-4-5-14(24)16(26)28-11-15(25)23-13-8-6-12(7-9-13)19(20,21)22/h6-9,14H,4-5,10-11H2,1-3H3,(H,23,25)/t14-/m0/s1. The van der Waals surface area contributed by atoms with Crippen molar-refractivity contribution in [2.75, 3.05) is 18.5 Å². The Labute approximate surface area is 166 Å². The van der Waals surface area contributed by atoms with Crippen LogP contribution >= 0.6 is 0 Å². The number of anilines is 1. The summed E-state index contributed by atoms with van der Waals surface area (Å²) in [5.74, 6) is -1.45. The second-order valence-electron chi connectivity index (χ2n) is 7.56. The van der Waals surface area contributed by atoms with Crippen molar-refractivity contribution in [3.05, 3.63) is 29.8 Å². The summed E-state index contributed by atoms with van der Waals surface area (Å²) >= 11 is 0. The van der Waals surface area contributed by atoms with Gasteiger partial charge in [-0.1, -0.05) is 0 Å². The van der Waals surface area contributed by atoms with E-state index in [1.807, 2.05) is 0 Å². The van der Waals surface area contributed by atoms with Crippen LogP contribution in [-0.2, 0) is 25.2 Å². The normalized spacial score (nSPS) is 17.0. The Morgan fingerprint density at radius 3 is 2.31 bits per heavy atom. The lowest BCUT2D eigenvalue weighted by molar-refractivity contribution is -0.151. The van der Waals surface area contributed by atoms with Crippen molar-refractivity contribution in [2.45, 2.75) is 51.4 Å². The van der Waals surface area contributed by atoms with Crippen LogP contribution in [0.3, 0.4) is 0 Å². The summed E-state index contributed by atoms with van der Waals surface area (Å²) in [6.45, 7) is 4.84. The second kappa shape index (κ2) is 8.71. The van der Waals surface area contributed by atoms with Crippen LogP contribution in [0.4, 0.5) is 23.7 Å². The molecule has 0 radical (unpaired) electrons. The van der Waals surface area contributed by atoms with Gasteiger partial charge in [0.2, 0.25) is 0 Å². The number of ether oxygens (including phenoxy) is 2. The molecule has 0 aliphatic carbocycles. The summed E-state index contributed by atoms with van der Waals surface area (Å²) in [6.07, 6.45) is -4.12. The summed E-state index contributed by atoms with van der Waals surface area (Å²) in [4.78, 5) is 37.6. The van der Waals surface area contributed by atoms with Crippen LogP contribution < -0.4 is 5.32 Å². The minimum atomic E-state index is -4.47. The van der Waals surface area contributed by atoms with Crippen molar-refractivity contribution in [3.8, 4) is 0 Å². The van der Waals surface area contributed by atoms with Crippen LogP contribution in [-0.4, -0.2) is 47.7 Å². The number of nitrogens with one attached hydrogen (secondary N) is 1. The summed E-state index contributed by atoms with van der Waals surface area (Å²) in [5.41, 5.74) is -1.42. The van der Waals surface area contributed by atoms with Gasteiger partial charge in [0.1, 0.15) is 11.6 Å². The Balaban J connectivity index is 1.86. The van der Waals surface area contributed by atoms with Gasteiger partial charge in [-0.15, -0.1) is 0 Å². The minimum Gasteiger partial charge on any atom is -0.454 e. The van der Waals surface area contributed by atoms with Crippen molar-refractivity contribution >= 4 is 23.7 Å². The van der Waals surface area contributed by atoms with Crippen LogP contribution in [0.15, 0.2) is 24.3 Å². The number of esters is 1. The van der Waals surface area contributed by atoms with Gasteiger partial charge in [-0.2, -0.15) is 13.2 Å². The van der Waals surface area contributed by atoms with Gasteiger partial charge in [0, 0.05) is 12.2 Å². The van der Waals surface area contributed by atoms with Gasteiger partial charge in [-0.3, -0.25) is 9.69 Å². The van der Waals surface area contributed by atoms with E-state index in [-0.39, 0.29) is 5.69 Å². The zero-order chi connectivity index (χ0) is 21.8. The molecule has 1 aliphatic rings. The first kappa shape index (κ1) is 22.5. The lowest BCUT2D eigenvalue weighted by Crippen LogP contribution is -2.44. The van der Waals surface area contributed by atoms with E-state index in [9.17, 15) is 27.6 Å². The van der Waals surface area contributed by atoms with Crippen LogP contribution in [0.5, 0.6) is 0 Å². The van der Waals surface area contributed by atoms with Gasteiger partial charge >= 0.3 is 18.2 Å². The van der Waals surface area contributed by atoms with Crippen molar-refractivity contribution in [1.82, 2.24) is 4.90 Å². The van der Waals surface area contributed by atoms with Crippen molar-refractivity contribution < 1.29 is 37.0 Å². The number of rotatable bonds is 4. The molecule has 0 saturated carbocycles. The molecule has 1 aromatic rings. The third-order valence-electron chi connectivity index (χ3n) is 3.99. The average molecular weight is 416 g/mol. The molecule has 1 aromatic carbocycles. The van der Waals surface area contributed by atoms with Crippen LogP contribution in [0.2, 0.25) is 0 Å². The third kappa shape index (κ3) is 6.65. The number of hydrogen-bond donors (Lipinski definition) is 1. The summed E-state index contributed by atoms with van der Waals surface area (Å²) in [6, 6.07) is 3.02. The van der Waals surface area contributed by atoms with Gasteiger partial charge < -0.3 is 14.8 Å². The first-order valence-electron chi connectivity index (χ1n) is 9.00. The van der Waals surface area contributed by atoms with Crippen molar-refractivity contribution in [1.29, 1.82) is 0 Å². The monoisotopic (exact) mass is 416 g/mol. The number of carbonyl (C=O) groups is 3. The molecule has 1 fully saturated rings. The number of carbonyl (C=O) groups excluding carboxylic acids is 3. The molecule has 1 aliphatic heterocycles. The summed E-state index contributed by atoms with van der Waals surface area (Å²) < 4.78 is 47.8. The topological polar surface area (TPSA) is 84.9 Å². The fourth-order valence-corrected chi connectivity index (χ4v) is 2.72. The van der Waals surface area contributed by atoms with E-state index in [1.165, 1.54) is 4.90 Å². The Morgan fingerprint density at radius 2 is 1.76 bits per heavy atom. The Morgan fingerprint density at radius 1 is 1.14 bits per heavy atom. The molecule has 1 atom stereocenters. The Kier molecular flexibility index (Phi) is 6.76. The lowest BCUT2D eigenvalue weighted by atomic mass is 10.2. The fourth-order valence-electron chi connectivity index (χ4n) is 2.72. The van der Waals surface area contributed by atoms with E-state index in [0.29, 0.717) is 19.4 Å². The average Bonchev–Trinajstić information content (AvgIpc) is 3.08. The predicted molar refractivity (Wildman–Crippen MR) is 97.0 cm³/mol. The zero-order valence-corrected chi connectivity index (χ0v) is 16.3. The number of halogens is 3. The quantitative estimate of drug-likeness (QED) is 0.759. The largest absolute Gasteiger partial charge is 0.454 e. The smallest absolute Gasteiger partial charge is 0.416 e. The number of hydrogen-bond acceptors (Lipinski definition) is 5. The van der Waals surface area contributed by atoms with E-state index in [2.05, 4.69) is 5.32 Å². The van der Waals surface area contributed by atoms with E-state index in [4.69, 9.17) is 9.47 Å². The SMILES string of the molecule is CC(C)(C)OC(=O)N1CCC[C@H]1C(=O)OCC(=O)Nc1ccc(C(F)(F)F)cc1. The van der Waals surface area contributed by atoms with Gasteiger partial charge in [0.15, 0.2) is 6.61 Å². The predicted octanol–water partition coefficient (Wildman–Crippen LogP) is 3.59. The number of amides is 2.